The second-order valence-corrected chi connectivity index (χ2v) is 13.7. The molecule has 0 radical (unpaired) electrons. The van der Waals surface area contributed by atoms with Gasteiger partial charge in [-0.2, -0.15) is 0 Å². The third kappa shape index (κ3) is 5.71. The average molecular weight is 690 g/mol. The van der Waals surface area contributed by atoms with Crippen molar-refractivity contribution in [1.82, 2.24) is 0 Å². The first-order chi connectivity index (χ1) is 26.8. The van der Waals surface area contributed by atoms with E-state index < -0.39 is 0 Å². The van der Waals surface area contributed by atoms with Crippen molar-refractivity contribution in [2.75, 3.05) is 4.90 Å². The Morgan fingerprint density at radius 2 is 0.759 bits per heavy atom. The van der Waals surface area contributed by atoms with Gasteiger partial charge in [0.15, 0.2) is 0 Å². The van der Waals surface area contributed by atoms with E-state index in [1.165, 1.54) is 44.5 Å². The molecule has 0 aliphatic heterocycles. The van der Waals surface area contributed by atoms with E-state index in [-0.39, 0.29) is 0 Å². The van der Waals surface area contributed by atoms with Crippen LogP contribution in [0.4, 0.5) is 17.1 Å². The van der Waals surface area contributed by atoms with Gasteiger partial charge in [0.2, 0.25) is 0 Å². The van der Waals surface area contributed by atoms with Crippen molar-refractivity contribution >= 4 is 49.8 Å². The molecule has 0 amide bonds. The molecule has 0 aliphatic carbocycles. The van der Waals surface area contributed by atoms with Crippen molar-refractivity contribution in [2.24, 2.45) is 0 Å². The Morgan fingerprint density at radius 3 is 1.39 bits per heavy atom. The van der Waals surface area contributed by atoms with Gasteiger partial charge >= 0.3 is 0 Å². The predicted octanol–water partition coefficient (Wildman–Crippen LogP) is 14.9. The number of furan rings is 1. The Kier molecular flexibility index (Phi) is 7.85. The fraction of sp³-hybridized carbons (Fsp3) is 0. The lowest BCUT2D eigenvalue weighted by Crippen LogP contribution is -2.10. The van der Waals surface area contributed by atoms with Gasteiger partial charge in [-0.15, -0.1) is 0 Å². The first-order valence-corrected chi connectivity index (χ1v) is 18.4. The number of hydrogen-bond donors (Lipinski definition) is 0. The lowest BCUT2D eigenvalue weighted by atomic mass is 9.98. The van der Waals surface area contributed by atoms with E-state index in [4.69, 9.17) is 4.42 Å². The maximum absolute atomic E-state index is 6.46. The van der Waals surface area contributed by atoms with Crippen LogP contribution in [0.15, 0.2) is 217 Å². The van der Waals surface area contributed by atoms with Gasteiger partial charge in [0.25, 0.3) is 0 Å². The van der Waals surface area contributed by atoms with Crippen LogP contribution >= 0.6 is 0 Å². The summed E-state index contributed by atoms with van der Waals surface area (Å²) in [5.74, 6) is 0. The van der Waals surface area contributed by atoms with E-state index in [0.29, 0.717) is 0 Å². The summed E-state index contributed by atoms with van der Waals surface area (Å²) in [5.41, 5.74) is 14.6. The zero-order chi connectivity index (χ0) is 35.8. The minimum absolute atomic E-state index is 0.889. The molecule has 0 saturated heterocycles. The van der Waals surface area contributed by atoms with Gasteiger partial charge in [-0.3, -0.25) is 0 Å². The summed E-state index contributed by atoms with van der Waals surface area (Å²) >= 11 is 0. The highest BCUT2D eigenvalue weighted by Gasteiger charge is 2.19. The van der Waals surface area contributed by atoms with Gasteiger partial charge in [-0.1, -0.05) is 158 Å². The van der Waals surface area contributed by atoms with Gasteiger partial charge in [0.05, 0.1) is 5.69 Å². The van der Waals surface area contributed by atoms with Crippen molar-refractivity contribution in [1.29, 1.82) is 0 Å². The second kappa shape index (κ2) is 13.4. The molecule has 0 spiro atoms. The number of benzene rings is 9. The highest BCUT2D eigenvalue weighted by molar-refractivity contribution is 6.21. The first kappa shape index (κ1) is 31.6. The molecule has 0 fully saturated rings. The molecule has 0 atom stereocenters. The van der Waals surface area contributed by atoms with Crippen LogP contribution in [-0.2, 0) is 0 Å². The SMILES string of the molecule is c1ccc(-c2ccc(-c3ccc(N(c4cccc(-c5ccccc5)c4)c4cccc5c4ccc4oc6ccc(-c7ccccc7)cc6c45)cc3)cc2)cc1. The standard InChI is InChI=1S/C52H35NO/c1-4-12-36(13-5-1)39-22-24-40(25-23-39)41-26-29-44(30-27-41)53(45-19-10-18-42(34-45)37-14-6-2-7-15-37)49-21-11-20-47-46(49)31-33-51-52(47)48-35-43(28-32-50(48)54-51)38-16-8-3-9-17-38/h1-35H. The number of nitrogens with zero attached hydrogens (tertiary/aromatic N) is 1. The van der Waals surface area contributed by atoms with Gasteiger partial charge < -0.3 is 9.32 Å². The van der Waals surface area contributed by atoms with Crippen LogP contribution < -0.4 is 4.90 Å². The molecule has 10 aromatic rings. The van der Waals surface area contributed by atoms with Crippen molar-refractivity contribution in [3.05, 3.63) is 212 Å². The molecule has 2 nitrogen and oxygen atoms in total. The van der Waals surface area contributed by atoms with Crippen LogP contribution in [0.1, 0.15) is 0 Å². The topological polar surface area (TPSA) is 16.4 Å². The maximum atomic E-state index is 6.46. The zero-order valence-electron chi connectivity index (χ0n) is 29.6. The van der Waals surface area contributed by atoms with E-state index in [1.807, 2.05) is 0 Å². The van der Waals surface area contributed by atoms with Gasteiger partial charge in [-0.25, -0.2) is 0 Å². The van der Waals surface area contributed by atoms with Crippen molar-refractivity contribution in [3.63, 3.8) is 0 Å². The fourth-order valence-corrected chi connectivity index (χ4v) is 7.79. The maximum Gasteiger partial charge on any atom is 0.136 e. The number of rotatable bonds is 7. The molecule has 1 heterocycles. The Balaban J connectivity index is 1.12. The third-order valence-electron chi connectivity index (χ3n) is 10.5. The normalized spacial score (nSPS) is 11.3. The van der Waals surface area contributed by atoms with Gasteiger partial charge in [0, 0.05) is 27.5 Å². The highest BCUT2D eigenvalue weighted by atomic mass is 16.3. The molecule has 0 aliphatic rings. The second-order valence-electron chi connectivity index (χ2n) is 13.7. The summed E-state index contributed by atoms with van der Waals surface area (Å²) in [6.45, 7) is 0. The highest BCUT2D eigenvalue weighted by Crippen LogP contribution is 2.44. The largest absolute Gasteiger partial charge is 0.456 e. The summed E-state index contributed by atoms with van der Waals surface area (Å²) in [4.78, 5) is 2.39. The van der Waals surface area contributed by atoms with E-state index in [1.54, 1.807) is 0 Å². The smallest absolute Gasteiger partial charge is 0.136 e. The van der Waals surface area contributed by atoms with E-state index >= 15 is 0 Å². The van der Waals surface area contributed by atoms with Crippen molar-refractivity contribution < 1.29 is 4.42 Å². The Morgan fingerprint density at radius 1 is 0.278 bits per heavy atom. The fourth-order valence-electron chi connectivity index (χ4n) is 7.79. The lowest BCUT2D eigenvalue weighted by Gasteiger charge is -2.27. The summed E-state index contributed by atoms with van der Waals surface area (Å²) in [6, 6.07) is 75.8. The molecule has 2 heteroatoms. The summed E-state index contributed by atoms with van der Waals surface area (Å²) in [6.07, 6.45) is 0. The Labute approximate surface area is 314 Å². The average Bonchev–Trinajstić information content (AvgIpc) is 3.64. The molecule has 10 rings (SSSR count). The quantitative estimate of drug-likeness (QED) is 0.166. The minimum Gasteiger partial charge on any atom is -0.456 e. The molecular weight excluding hydrogens is 655 g/mol. The van der Waals surface area contributed by atoms with E-state index in [9.17, 15) is 0 Å². The number of anilines is 3. The van der Waals surface area contributed by atoms with Crippen molar-refractivity contribution in [3.8, 4) is 44.5 Å². The minimum atomic E-state index is 0.889. The van der Waals surface area contributed by atoms with Crippen LogP contribution in [0.5, 0.6) is 0 Å². The Bertz CT molecular complexity index is 2890. The van der Waals surface area contributed by atoms with Gasteiger partial charge in [0.1, 0.15) is 11.2 Å². The van der Waals surface area contributed by atoms with Crippen LogP contribution in [0, 0.1) is 0 Å². The number of fused-ring (bicyclic) bond motifs is 5. The molecule has 254 valence electrons. The first-order valence-electron chi connectivity index (χ1n) is 18.4. The predicted molar refractivity (Wildman–Crippen MR) is 228 cm³/mol. The van der Waals surface area contributed by atoms with E-state index in [0.717, 1.165) is 49.8 Å². The summed E-state index contributed by atoms with van der Waals surface area (Å²) in [7, 11) is 0. The molecule has 54 heavy (non-hydrogen) atoms. The Hall–Kier alpha value is -7.16. The van der Waals surface area contributed by atoms with Crippen LogP contribution in [0.25, 0.3) is 77.2 Å². The lowest BCUT2D eigenvalue weighted by molar-refractivity contribution is 0.669. The molecular formula is C52H35NO. The molecule has 0 bridgehead atoms. The molecule has 0 unspecified atom stereocenters. The van der Waals surface area contributed by atoms with Gasteiger partial charge in [-0.05, 0) is 104 Å². The van der Waals surface area contributed by atoms with Crippen LogP contribution in [0.2, 0.25) is 0 Å². The molecule has 1 aromatic heterocycles. The zero-order valence-corrected chi connectivity index (χ0v) is 29.6. The summed E-state index contributed by atoms with van der Waals surface area (Å²) in [5, 5.41) is 4.57. The molecule has 0 saturated carbocycles. The third-order valence-corrected chi connectivity index (χ3v) is 10.5. The number of hydrogen-bond acceptors (Lipinski definition) is 2. The van der Waals surface area contributed by atoms with Crippen LogP contribution in [-0.4, -0.2) is 0 Å². The van der Waals surface area contributed by atoms with Crippen molar-refractivity contribution in [2.45, 2.75) is 0 Å². The van der Waals surface area contributed by atoms with E-state index in [2.05, 4.69) is 217 Å². The molecule has 0 N–H and O–H groups in total. The van der Waals surface area contributed by atoms with Crippen LogP contribution in [0.3, 0.4) is 0 Å². The molecule has 9 aromatic carbocycles. The monoisotopic (exact) mass is 689 g/mol. The summed E-state index contributed by atoms with van der Waals surface area (Å²) < 4.78 is 6.46.